The zero-order valence-electron chi connectivity index (χ0n) is 8.50. The lowest BCUT2D eigenvalue weighted by atomic mass is 10.1. The van der Waals surface area contributed by atoms with Gasteiger partial charge in [-0.3, -0.25) is 4.99 Å². The fraction of sp³-hybridized carbons (Fsp3) is 0.700. The van der Waals surface area contributed by atoms with E-state index in [4.69, 9.17) is 0 Å². The smallest absolute Gasteiger partial charge is 0.0737 e. The lowest BCUT2D eigenvalue weighted by Gasteiger charge is -2.13. The highest BCUT2D eigenvalue weighted by Gasteiger charge is 2.08. The van der Waals surface area contributed by atoms with Crippen LogP contribution in [0.1, 0.15) is 34.1 Å². The minimum atomic E-state index is -0.0296. The SMILES string of the molecule is CC/C=C\C(C)(C)/N=C\SCC. The predicted octanol–water partition coefficient (Wildman–Crippen LogP) is 3.51. The van der Waals surface area contributed by atoms with E-state index in [-0.39, 0.29) is 5.54 Å². The second kappa shape index (κ2) is 6.30. The van der Waals surface area contributed by atoms with Crippen LogP contribution in [0.5, 0.6) is 0 Å². The van der Waals surface area contributed by atoms with Crippen molar-refractivity contribution in [2.45, 2.75) is 39.7 Å². The van der Waals surface area contributed by atoms with Crippen molar-refractivity contribution >= 4 is 17.3 Å². The van der Waals surface area contributed by atoms with Gasteiger partial charge >= 0.3 is 0 Å². The number of hydrogen-bond acceptors (Lipinski definition) is 2. The third-order valence-corrected chi connectivity index (χ3v) is 1.98. The molecular weight excluding hydrogens is 166 g/mol. The van der Waals surface area contributed by atoms with Gasteiger partial charge in [0.25, 0.3) is 0 Å². The van der Waals surface area contributed by atoms with E-state index < -0.39 is 0 Å². The zero-order chi connectivity index (χ0) is 9.45. The summed E-state index contributed by atoms with van der Waals surface area (Å²) in [6.45, 7) is 8.50. The fourth-order valence-electron chi connectivity index (χ4n) is 0.697. The Morgan fingerprint density at radius 1 is 1.33 bits per heavy atom. The van der Waals surface area contributed by atoms with Gasteiger partial charge in [0.1, 0.15) is 0 Å². The molecule has 0 saturated carbocycles. The zero-order valence-corrected chi connectivity index (χ0v) is 9.32. The fourth-order valence-corrected chi connectivity index (χ4v) is 1.19. The van der Waals surface area contributed by atoms with Gasteiger partial charge in [-0.25, -0.2) is 0 Å². The Bertz CT molecular complexity index is 159. The van der Waals surface area contributed by atoms with Crippen molar-refractivity contribution in [3.63, 3.8) is 0 Å². The number of thioether (sulfide) groups is 1. The molecule has 0 spiro atoms. The van der Waals surface area contributed by atoms with Crippen LogP contribution in [0.15, 0.2) is 17.1 Å². The quantitative estimate of drug-likeness (QED) is 0.363. The first-order chi connectivity index (χ1) is 5.62. The highest BCUT2D eigenvalue weighted by molar-refractivity contribution is 8.12. The maximum absolute atomic E-state index is 4.43. The molecule has 0 N–H and O–H groups in total. The van der Waals surface area contributed by atoms with Crippen LogP contribution in [0.2, 0.25) is 0 Å². The van der Waals surface area contributed by atoms with Gasteiger partial charge in [0.15, 0.2) is 0 Å². The summed E-state index contributed by atoms with van der Waals surface area (Å²) in [6, 6.07) is 0. The number of aliphatic imine (C=N–C) groups is 1. The largest absolute Gasteiger partial charge is 0.276 e. The van der Waals surface area contributed by atoms with Crippen LogP contribution in [0.25, 0.3) is 0 Å². The van der Waals surface area contributed by atoms with Gasteiger partial charge in [-0.05, 0) is 26.0 Å². The van der Waals surface area contributed by atoms with Crippen molar-refractivity contribution in [1.29, 1.82) is 0 Å². The van der Waals surface area contributed by atoms with Gasteiger partial charge in [-0.15, -0.1) is 11.8 Å². The topological polar surface area (TPSA) is 12.4 Å². The lowest BCUT2D eigenvalue weighted by Crippen LogP contribution is -2.11. The summed E-state index contributed by atoms with van der Waals surface area (Å²) < 4.78 is 0. The summed E-state index contributed by atoms with van der Waals surface area (Å²) in [5.41, 5.74) is 1.91. The van der Waals surface area contributed by atoms with Crippen molar-refractivity contribution < 1.29 is 0 Å². The number of allylic oxidation sites excluding steroid dienone is 1. The monoisotopic (exact) mass is 185 g/mol. The second-order valence-electron chi connectivity index (χ2n) is 3.15. The number of nitrogens with zero attached hydrogens (tertiary/aromatic N) is 1. The molecule has 1 nitrogen and oxygen atoms in total. The molecule has 0 aliphatic rings. The van der Waals surface area contributed by atoms with Crippen molar-refractivity contribution in [1.82, 2.24) is 0 Å². The maximum Gasteiger partial charge on any atom is 0.0737 e. The standard InChI is InChI=1S/C10H19NS/c1-5-7-8-10(3,4)11-9-12-6-2/h7-9H,5-6H2,1-4H3/b8-7-,11-9-. The van der Waals surface area contributed by atoms with Crippen LogP contribution in [0, 0.1) is 0 Å². The first kappa shape index (κ1) is 11.8. The predicted molar refractivity (Wildman–Crippen MR) is 60.1 cm³/mol. The molecule has 0 rings (SSSR count). The van der Waals surface area contributed by atoms with Crippen molar-refractivity contribution in [2.24, 2.45) is 4.99 Å². The summed E-state index contributed by atoms with van der Waals surface area (Å²) in [5.74, 6) is 1.09. The molecule has 0 aromatic heterocycles. The maximum atomic E-state index is 4.43. The third kappa shape index (κ3) is 6.47. The molecule has 0 bridgehead atoms. The summed E-state index contributed by atoms with van der Waals surface area (Å²) in [6.07, 6.45) is 5.40. The first-order valence-electron chi connectivity index (χ1n) is 4.45. The molecule has 0 amide bonds. The molecule has 0 heterocycles. The molecule has 0 aliphatic carbocycles. The van der Waals surface area contributed by atoms with Crippen LogP contribution < -0.4 is 0 Å². The number of rotatable bonds is 5. The minimum absolute atomic E-state index is 0.0296. The van der Waals surface area contributed by atoms with Gasteiger partial charge in [0.05, 0.1) is 11.1 Å². The Hall–Kier alpha value is -0.240. The van der Waals surface area contributed by atoms with E-state index in [1.54, 1.807) is 11.8 Å². The molecule has 2 heteroatoms. The molecule has 0 aromatic rings. The summed E-state index contributed by atoms with van der Waals surface area (Å²) in [7, 11) is 0. The Morgan fingerprint density at radius 2 is 2.00 bits per heavy atom. The van der Waals surface area contributed by atoms with Crippen LogP contribution in [-0.2, 0) is 0 Å². The normalized spacial score (nSPS) is 13.3. The average molecular weight is 185 g/mol. The summed E-state index contributed by atoms with van der Waals surface area (Å²) in [5, 5.41) is 0. The van der Waals surface area contributed by atoms with E-state index in [9.17, 15) is 0 Å². The molecule has 0 atom stereocenters. The van der Waals surface area contributed by atoms with E-state index in [2.05, 4.69) is 44.8 Å². The minimum Gasteiger partial charge on any atom is -0.276 e. The van der Waals surface area contributed by atoms with Crippen LogP contribution in [0.3, 0.4) is 0 Å². The van der Waals surface area contributed by atoms with Crippen LogP contribution >= 0.6 is 11.8 Å². The highest BCUT2D eigenvalue weighted by atomic mass is 32.2. The summed E-state index contributed by atoms with van der Waals surface area (Å²) >= 11 is 1.74. The molecule has 0 aliphatic heterocycles. The molecule has 70 valence electrons. The number of hydrogen-bond donors (Lipinski definition) is 0. The molecule has 0 saturated heterocycles. The van der Waals surface area contributed by atoms with Crippen molar-refractivity contribution in [3.05, 3.63) is 12.2 Å². The van der Waals surface area contributed by atoms with Crippen LogP contribution in [-0.4, -0.2) is 16.8 Å². The van der Waals surface area contributed by atoms with E-state index in [0.29, 0.717) is 0 Å². The molecule has 0 radical (unpaired) electrons. The molecule has 0 aromatic carbocycles. The lowest BCUT2D eigenvalue weighted by molar-refractivity contribution is 0.660. The second-order valence-corrected chi connectivity index (χ2v) is 4.28. The van der Waals surface area contributed by atoms with Gasteiger partial charge in [0.2, 0.25) is 0 Å². The first-order valence-corrected chi connectivity index (χ1v) is 5.50. The van der Waals surface area contributed by atoms with E-state index in [0.717, 1.165) is 12.2 Å². The van der Waals surface area contributed by atoms with Crippen molar-refractivity contribution in [3.8, 4) is 0 Å². The molecular formula is C10H19NS. The van der Waals surface area contributed by atoms with Gasteiger partial charge in [0, 0.05) is 0 Å². The van der Waals surface area contributed by atoms with E-state index in [1.807, 2.05) is 5.55 Å². The molecule has 12 heavy (non-hydrogen) atoms. The third-order valence-electron chi connectivity index (χ3n) is 1.39. The van der Waals surface area contributed by atoms with Gasteiger partial charge < -0.3 is 0 Å². The van der Waals surface area contributed by atoms with Gasteiger partial charge in [-0.2, -0.15) is 0 Å². The van der Waals surface area contributed by atoms with Gasteiger partial charge in [-0.1, -0.05) is 26.0 Å². The Balaban J connectivity index is 3.93. The Labute approximate surface area is 80.4 Å². The summed E-state index contributed by atoms with van der Waals surface area (Å²) in [4.78, 5) is 4.43. The molecule has 0 unspecified atom stereocenters. The average Bonchev–Trinajstić information content (AvgIpc) is 2.01. The molecule has 0 fully saturated rings. The highest BCUT2D eigenvalue weighted by Crippen LogP contribution is 2.11. The van der Waals surface area contributed by atoms with E-state index in [1.165, 1.54) is 0 Å². The van der Waals surface area contributed by atoms with E-state index >= 15 is 0 Å². The van der Waals surface area contributed by atoms with Crippen LogP contribution in [0.4, 0.5) is 0 Å². The van der Waals surface area contributed by atoms with Crippen molar-refractivity contribution in [2.75, 3.05) is 5.75 Å². The Kier molecular flexibility index (Phi) is 6.17. The Morgan fingerprint density at radius 3 is 2.50 bits per heavy atom.